The van der Waals surface area contributed by atoms with Gasteiger partial charge in [0.1, 0.15) is 0 Å². The van der Waals surface area contributed by atoms with E-state index in [2.05, 4.69) is 28.9 Å². The summed E-state index contributed by atoms with van der Waals surface area (Å²) in [5, 5.41) is 7.15. The van der Waals surface area contributed by atoms with Crippen LogP contribution in [0.5, 0.6) is 0 Å². The SMILES string of the molecule is Cn1c(N2CCCC(C)(C)CC2)n[nH]c1=S. The van der Waals surface area contributed by atoms with Crippen LogP contribution in [0.25, 0.3) is 0 Å². The Kier molecular flexibility index (Phi) is 3.06. The van der Waals surface area contributed by atoms with E-state index in [9.17, 15) is 0 Å². The third-order valence-electron chi connectivity index (χ3n) is 3.48. The molecule has 0 aliphatic carbocycles. The second kappa shape index (κ2) is 4.20. The van der Waals surface area contributed by atoms with Gasteiger partial charge in [0.15, 0.2) is 4.77 Å². The average molecular weight is 240 g/mol. The normalized spacial score (nSPS) is 20.8. The molecule has 90 valence electrons. The lowest BCUT2D eigenvalue weighted by Crippen LogP contribution is -2.27. The summed E-state index contributed by atoms with van der Waals surface area (Å²) in [7, 11) is 1.97. The first-order chi connectivity index (χ1) is 7.49. The molecule has 2 heterocycles. The summed E-state index contributed by atoms with van der Waals surface area (Å²) in [6.07, 6.45) is 3.73. The van der Waals surface area contributed by atoms with Crippen molar-refractivity contribution in [3.63, 3.8) is 0 Å². The lowest BCUT2D eigenvalue weighted by molar-refractivity contribution is 0.325. The highest BCUT2D eigenvalue weighted by molar-refractivity contribution is 7.71. The largest absolute Gasteiger partial charge is 0.341 e. The molecule has 1 fully saturated rings. The Labute approximate surface area is 102 Å². The summed E-state index contributed by atoms with van der Waals surface area (Å²) < 4.78 is 2.65. The number of nitrogens with one attached hydrogen (secondary N) is 1. The van der Waals surface area contributed by atoms with Gasteiger partial charge in [-0.05, 0) is 36.9 Å². The van der Waals surface area contributed by atoms with Gasteiger partial charge >= 0.3 is 0 Å². The summed E-state index contributed by atoms with van der Waals surface area (Å²) in [6.45, 7) is 6.84. The first-order valence-electron chi connectivity index (χ1n) is 5.86. The second-order valence-corrected chi connectivity index (χ2v) is 5.78. The van der Waals surface area contributed by atoms with Crippen LogP contribution in [-0.2, 0) is 7.05 Å². The number of hydrogen-bond acceptors (Lipinski definition) is 3. The first-order valence-corrected chi connectivity index (χ1v) is 6.27. The van der Waals surface area contributed by atoms with E-state index < -0.39 is 0 Å². The molecule has 0 saturated carbocycles. The quantitative estimate of drug-likeness (QED) is 0.766. The fourth-order valence-corrected chi connectivity index (χ4v) is 2.37. The molecule has 0 bridgehead atoms. The van der Waals surface area contributed by atoms with Crippen molar-refractivity contribution >= 4 is 18.2 Å². The number of anilines is 1. The van der Waals surface area contributed by atoms with Crippen LogP contribution in [0.1, 0.15) is 33.1 Å². The molecular formula is C11H20N4S. The summed E-state index contributed by atoms with van der Waals surface area (Å²) in [5.41, 5.74) is 0.459. The fourth-order valence-electron chi connectivity index (χ4n) is 2.24. The second-order valence-electron chi connectivity index (χ2n) is 5.39. The third-order valence-corrected chi connectivity index (χ3v) is 3.84. The molecule has 0 unspecified atom stereocenters. The highest BCUT2D eigenvalue weighted by Gasteiger charge is 2.24. The van der Waals surface area contributed by atoms with Gasteiger partial charge in [0.2, 0.25) is 5.95 Å². The van der Waals surface area contributed by atoms with Crippen molar-refractivity contribution in [1.82, 2.24) is 14.8 Å². The number of rotatable bonds is 1. The van der Waals surface area contributed by atoms with Crippen LogP contribution in [0.4, 0.5) is 5.95 Å². The van der Waals surface area contributed by atoms with Gasteiger partial charge in [0, 0.05) is 20.1 Å². The topological polar surface area (TPSA) is 36.9 Å². The van der Waals surface area contributed by atoms with Gasteiger partial charge < -0.3 is 4.90 Å². The van der Waals surface area contributed by atoms with Gasteiger partial charge in [-0.25, -0.2) is 5.10 Å². The molecular weight excluding hydrogens is 220 g/mol. The summed E-state index contributed by atoms with van der Waals surface area (Å²) in [4.78, 5) is 2.33. The van der Waals surface area contributed by atoms with Crippen molar-refractivity contribution in [1.29, 1.82) is 0 Å². The summed E-state index contributed by atoms with van der Waals surface area (Å²) >= 11 is 5.14. The number of H-pyrrole nitrogens is 1. The molecule has 5 heteroatoms. The van der Waals surface area contributed by atoms with Gasteiger partial charge in [-0.3, -0.25) is 4.57 Å². The Morgan fingerprint density at radius 2 is 2.06 bits per heavy atom. The molecule has 0 amide bonds. The van der Waals surface area contributed by atoms with Crippen molar-refractivity contribution in [3.05, 3.63) is 4.77 Å². The minimum Gasteiger partial charge on any atom is -0.341 e. The Bertz CT molecular complexity index is 418. The maximum absolute atomic E-state index is 5.14. The smallest absolute Gasteiger partial charge is 0.225 e. The zero-order valence-corrected chi connectivity index (χ0v) is 11.1. The van der Waals surface area contributed by atoms with Crippen molar-refractivity contribution in [2.75, 3.05) is 18.0 Å². The molecule has 1 aliphatic rings. The van der Waals surface area contributed by atoms with Gasteiger partial charge in [0.05, 0.1) is 0 Å². The van der Waals surface area contributed by atoms with E-state index >= 15 is 0 Å². The first kappa shape index (κ1) is 11.6. The molecule has 1 N–H and O–H groups in total. The average Bonchev–Trinajstić information content (AvgIpc) is 2.45. The number of aromatic amines is 1. The molecule has 1 aromatic rings. The number of hydrogen-bond donors (Lipinski definition) is 1. The molecule has 2 rings (SSSR count). The minimum atomic E-state index is 0.459. The van der Waals surface area contributed by atoms with Gasteiger partial charge in [-0.1, -0.05) is 13.8 Å². The van der Waals surface area contributed by atoms with Gasteiger partial charge in [-0.2, -0.15) is 0 Å². The highest BCUT2D eigenvalue weighted by atomic mass is 32.1. The van der Waals surface area contributed by atoms with E-state index in [4.69, 9.17) is 12.2 Å². The van der Waals surface area contributed by atoms with Crippen LogP contribution in [0.2, 0.25) is 0 Å². The molecule has 16 heavy (non-hydrogen) atoms. The van der Waals surface area contributed by atoms with Gasteiger partial charge in [-0.15, -0.1) is 5.10 Å². The predicted molar refractivity (Wildman–Crippen MR) is 68.2 cm³/mol. The fraction of sp³-hybridized carbons (Fsp3) is 0.818. The Hall–Kier alpha value is -0.840. The predicted octanol–water partition coefficient (Wildman–Crippen LogP) is 2.49. The monoisotopic (exact) mass is 240 g/mol. The van der Waals surface area contributed by atoms with Crippen molar-refractivity contribution in [3.8, 4) is 0 Å². The zero-order chi connectivity index (χ0) is 11.8. The van der Waals surface area contributed by atoms with Crippen LogP contribution >= 0.6 is 12.2 Å². The maximum Gasteiger partial charge on any atom is 0.225 e. The lowest BCUT2D eigenvalue weighted by atomic mass is 9.85. The van der Waals surface area contributed by atoms with Crippen LogP contribution in [0, 0.1) is 10.2 Å². The summed E-state index contributed by atoms with van der Waals surface area (Å²) in [6, 6.07) is 0. The van der Waals surface area contributed by atoms with E-state index in [0.29, 0.717) is 10.2 Å². The van der Waals surface area contributed by atoms with E-state index in [1.165, 1.54) is 19.3 Å². The maximum atomic E-state index is 5.14. The van der Waals surface area contributed by atoms with E-state index in [-0.39, 0.29) is 0 Å². The molecule has 1 aliphatic heterocycles. The molecule has 1 saturated heterocycles. The summed E-state index contributed by atoms with van der Waals surface area (Å²) in [5.74, 6) is 0.975. The van der Waals surface area contributed by atoms with Crippen molar-refractivity contribution < 1.29 is 0 Å². The Balaban J connectivity index is 2.17. The lowest BCUT2D eigenvalue weighted by Gasteiger charge is -2.23. The van der Waals surface area contributed by atoms with Crippen molar-refractivity contribution in [2.24, 2.45) is 12.5 Å². The molecule has 0 atom stereocenters. The van der Waals surface area contributed by atoms with Crippen molar-refractivity contribution in [2.45, 2.75) is 33.1 Å². The third kappa shape index (κ3) is 2.29. The van der Waals surface area contributed by atoms with Crippen LogP contribution in [0.15, 0.2) is 0 Å². The van der Waals surface area contributed by atoms with Crippen LogP contribution in [0.3, 0.4) is 0 Å². The van der Waals surface area contributed by atoms with Crippen LogP contribution < -0.4 is 4.90 Å². The minimum absolute atomic E-state index is 0.459. The highest BCUT2D eigenvalue weighted by Crippen LogP contribution is 2.30. The zero-order valence-electron chi connectivity index (χ0n) is 10.3. The standard InChI is InChI=1S/C11H20N4S/c1-11(2)5-4-7-15(8-6-11)9-12-13-10(16)14(9)3/h4-8H2,1-3H3,(H,13,16). The van der Waals surface area contributed by atoms with Crippen LogP contribution in [-0.4, -0.2) is 27.9 Å². The molecule has 1 aromatic heterocycles. The molecule has 0 spiro atoms. The van der Waals surface area contributed by atoms with E-state index in [1.54, 1.807) is 0 Å². The Morgan fingerprint density at radius 1 is 1.31 bits per heavy atom. The number of aromatic nitrogens is 3. The molecule has 0 aromatic carbocycles. The molecule has 4 nitrogen and oxygen atoms in total. The number of nitrogens with zero attached hydrogens (tertiary/aromatic N) is 3. The van der Waals surface area contributed by atoms with E-state index in [0.717, 1.165) is 19.0 Å². The Morgan fingerprint density at radius 3 is 2.69 bits per heavy atom. The molecule has 0 radical (unpaired) electrons. The van der Waals surface area contributed by atoms with Gasteiger partial charge in [0.25, 0.3) is 0 Å². The van der Waals surface area contributed by atoms with E-state index in [1.807, 2.05) is 11.6 Å².